The first-order chi connectivity index (χ1) is 10.2. The minimum absolute atomic E-state index is 0.249. The van der Waals surface area contributed by atoms with Crippen molar-refractivity contribution in [1.82, 2.24) is 4.90 Å². The van der Waals surface area contributed by atoms with Crippen LogP contribution in [0.3, 0.4) is 0 Å². The number of nitrogens with zero attached hydrogens (tertiary/aromatic N) is 2. The van der Waals surface area contributed by atoms with Crippen molar-refractivity contribution in [1.29, 1.82) is 0 Å². The van der Waals surface area contributed by atoms with Crippen LogP contribution in [-0.2, 0) is 6.42 Å². The van der Waals surface area contributed by atoms with Crippen molar-refractivity contribution < 1.29 is 5.11 Å². The smallest absolute Gasteiger partial charge is 0.0841 e. The third-order valence-corrected chi connectivity index (χ3v) is 4.85. The van der Waals surface area contributed by atoms with Crippen molar-refractivity contribution in [3.63, 3.8) is 0 Å². The molecular formula is C18H28N2O. The number of hydrogen-bond donors (Lipinski definition) is 1. The molecule has 2 aliphatic rings. The number of benzene rings is 1. The van der Waals surface area contributed by atoms with Crippen molar-refractivity contribution in [2.75, 3.05) is 37.6 Å². The normalized spacial score (nSPS) is 24.7. The average Bonchev–Trinajstić information content (AvgIpc) is 2.47. The zero-order valence-corrected chi connectivity index (χ0v) is 13.2. The molecule has 3 heteroatoms. The molecule has 0 bridgehead atoms. The standard InChI is InChI=1S/C18H28N2O/c1-15-6-4-10-19(12-15)13-17(21)14-20-11-5-8-16-7-2-3-9-18(16)20/h2-3,7,9,15,17,21H,4-6,8,10-14H2,1H3/t15-,17-/m1/s1. The van der Waals surface area contributed by atoms with E-state index in [1.54, 1.807) is 0 Å². The summed E-state index contributed by atoms with van der Waals surface area (Å²) in [6.45, 7) is 7.28. The summed E-state index contributed by atoms with van der Waals surface area (Å²) in [4.78, 5) is 4.81. The number of likely N-dealkylation sites (tertiary alicyclic amines) is 1. The summed E-state index contributed by atoms with van der Waals surface area (Å²) in [7, 11) is 0. The highest BCUT2D eigenvalue weighted by molar-refractivity contribution is 5.55. The number of para-hydroxylation sites is 1. The van der Waals surface area contributed by atoms with E-state index in [0.717, 1.165) is 38.6 Å². The number of β-amino-alcohol motifs (C(OH)–C–C–N with tert-alkyl or cyclic N) is 1. The first-order valence-corrected chi connectivity index (χ1v) is 8.45. The van der Waals surface area contributed by atoms with Crippen molar-refractivity contribution in [3.8, 4) is 0 Å². The SMILES string of the molecule is C[C@@H]1CCCN(C[C@@H](O)CN2CCCc3ccccc32)C1. The average molecular weight is 288 g/mol. The number of fused-ring (bicyclic) bond motifs is 1. The molecule has 2 aliphatic heterocycles. The Balaban J connectivity index is 1.57. The maximum absolute atomic E-state index is 10.5. The van der Waals surface area contributed by atoms with Crippen molar-refractivity contribution in [2.24, 2.45) is 5.92 Å². The summed E-state index contributed by atoms with van der Waals surface area (Å²) >= 11 is 0. The van der Waals surface area contributed by atoms with E-state index in [1.165, 1.54) is 36.9 Å². The summed E-state index contributed by atoms with van der Waals surface area (Å²) in [6.07, 6.45) is 4.74. The Labute approximate surface area is 128 Å². The molecule has 0 radical (unpaired) electrons. The summed E-state index contributed by atoms with van der Waals surface area (Å²) < 4.78 is 0. The number of rotatable bonds is 4. The summed E-state index contributed by atoms with van der Waals surface area (Å²) in [6, 6.07) is 8.65. The lowest BCUT2D eigenvalue weighted by Gasteiger charge is -2.36. The molecule has 3 rings (SSSR count). The van der Waals surface area contributed by atoms with Gasteiger partial charge in [-0.3, -0.25) is 0 Å². The highest BCUT2D eigenvalue weighted by Gasteiger charge is 2.22. The molecule has 0 aromatic heterocycles. The van der Waals surface area contributed by atoms with Gasteiger partial charge in [0.25, 0.3) is 0 Å². The van der Waals surface area contributed by atoms with Gasteiger partial charge in [-0.25, -0.2) is 0 Å². The Morgan fingerprint density at radius 1 is 1.19 bits per heavy atom. The maximum Gasteiger partial charge on any atom is 0.0841 e. The monoisotopic (exact) mass is 288 g/mol. The molecule has 116 valence electrons. The van der Waals surface area contributed by atoms with Gasteiger partial charge in [0.2, 0.25) is 0 Å². The molecule has 0 amide bonds. The highest BCUT2D eigenvalue weighted by Crippen LogP contribution is 2.26. The van der Waals surface area contributed by atoms with Gasteiger partial charge in [-0.05, 0) is 49.8 Å². The third-order valence-electron chi connectivity index (χ3n) is 4.85. The number of anilines is 1. The minimum Gasteiger partial charge on any atom is -0.390 e. The Bertz CT molecular complexity index is 462. The van der Waals surface area contributed by atoms with E-state index in [2.05, 4.69) is 41.0 Å². The van der Waals surface area contributed by atoms with Crippen LogP contribution < -0.4 is 4.90 Å². The molecule has 2 heterocycles. The van der Waals surface area contributed by atoms with Crippen LogP contribution in [0.25, 0.3) is 0 Å². The van der Waals surface area contributed by atoms with Gasteiger partial charge in [0.1, 0.15) is 0 Å². The molecule has 1 saturated heterocycles. The molecule has 0 saturated carbocycles. The Morgan fingerprint density at radius 3 is 2.90 bits per heavy atom. The first kappa shape index (κ1) is 14.9. The molecule has 21 heavy (non-hydrogen) atoms. The van der Waals surface area contributed by atoms with Gasteiger partial charge in [-0.2, -0.15) is 0 Å². The van der Waals surface area contributed by atoms with Crippen LogP contribution in [0.2, 0.25) is 0 Å². The van der Waals surface area contributed by atoms with E-state index in [-0.39, 0.29) is 6.10 Å². The third kappa shape index (κ3) is 3.78. The molecular weight excluding hydrogens is 260 g/mol. The van der Waals surface area contributed by atoms with Crippen molar-refractivity contribution in [2.45, 2.75) is 38.7 Å². The van der Waals surface area contributed by atoms with Crippen molar-refractivity contribution >= 4 is 5.69 Å². The molecule has 1 fully saturated rings. The summed E-state index contributed by atoms with van der Waals surface area (Å²) in [5.41, 5.74) is 2.76. The van der Waals surface area contributed by atoms with Gasteiger partial charge in [-0.15, -0.1) is 0 Å². The van der Waals surface area contributed by atoms with E-state index in [4.69, 9.17) is 0 Å². The Morgan fingerprint density at radius 2 is 2.05 bits per heavy atom. The predicted molar refractivity (Wildman–Crippen MR) is 87.8 cm³/mol. The number of hydrogen-bond acceptors (Lipinski definition) is 3. The molecule has 0 aliphatic carbocycles. The second kappa shape index (κ2) is 6.80. The predicted octanol–water partition coefficient (Wildman–Crippen LogP) is 2.53. The molecule has 0 spiro atoms. The lowest BCUT2D eigenvalue weighted by atomic mass is 9.99. The summed E-state index contributed by atoms with van der Waals surface area (Å²) in [5.74, 6) is 0.779. The van der Waals surface area contributed by atoms with E-state index in [1.807, 2.05) is 0 Å². The Hall–Kier alpha value is -1.06. The molecule has 1 aromatic rings. The van der Waals surface area contributed by atoms with Crippen LogP contribution in [0.15, 0.2) is 24.3 Å². The minimum atomic E-state index is -0.249. The number of aryl methyl sites for hydroxylation is 1. The molecule has 0 unspecified atom stereocenters. The number of piperidine rings is 1. The van der Waals surface area contributed by atoms with Gasteiger partial charge in [0.05, 0.1) is 6.10 Å². The first-order valence-electron chi connectivity index (χ1n) is 8.45. The van der Waals surface area contributed by atoms with Crippen LogP contribution in [0.4, 0.5) is 5.69 Å². The second-order valence-electron chi connectivity index (χ2n) is 6.84. The largest absolute Gasteiger partial charge is 0.390 e. The fraction of sp³-hybridized carbons (Fsp3) is 0.667. The van der Waals surface area contributed by atoms with Crippen LogP contribution in [-0.4, -0.2) is 48.8 Å². The quantitative estimate of drug-likeness (QED) is 0.922. The number of aliphatic hydroxyl groups excluding tert-OH is 1. The van der Waals surface area contributed by atoms with E-state index < -0.39 is 0 Å². The maximum atomic E-state index is 10.5. The Kier molecular flexibility index (Phi) is 4.81. The van der Waals surface area contributed by atoms with Crippen LogP contribution >= 0.6 is 0 Å². The van der Waals surface area contributed by atoms with Crippen LogP contribution in [0.1, 0.15) is 31.7 Å². The molecule has 3 nitrogen and oxygen atoms in total. The number of aliphatic hydroxyl groups is 1. The fourth-order valence-electron chi connectivity index (χ4n) is 3.86. The molecule has 1 aromatic carbocycles. The lowest BCUT2D eigenvalue weighted by molar-refractivity contribution is 0.0909. The topological polar surface area (TPSA) is 26.7 Å². The van der Waals surface area contributed by atoms with E-state index >= 15 is 0 Å². The summed E-state index contributed by atoms with van der Waals surface area (Å²) in [5, 5.41) is 10.5. The zero-order valence-electron chi connectivity index (χ0n) is 13.2. The van der Waals surface area contributed by atoms with E-state index in [0.29, 0.717) is 0 Å². The van der Waals surface area contributed by atoms with Crippen LogP contribution in [0.5, 0.6) is 0 Å². The van der Waals surface area contributed by atoms with Gasteiger partial charge >= 0.3 is 0 Å². The van der Waals surface area contributed by atoms with Gasteiger partial charge < -0.3 is 14.9 Å². The van der Waals surface area contributed by atoms with Gasteiger partial charge in [0.15, 0.2) is 0 Å². The van der Waals surface area contributed by atoms with Gasteiger partial charge in [0, 0.05) is 31.9 Å². The molecule has 1 N–H and O–H groups in total. The van der Waals surface area contributed by atoms with Crippen molar-refractivity contribution in [3.05, 3.63) is 29.8 Å². The van der Waals surface area contributed by atoms with Gasteiger partial charge in [-0.1, -0.05) is 25.1 Å². The van der Waals surface area contributed by atoms with E-state index in [9.17, 15) is 5.11 Å². The molecule has 2 atom stereocenters. The fourth-order valence-corrected chi connectivity index (χ4v) is 3.86. The van der Waals surface area contributed by atoms with Crippen LogP contribution in [0, 0.1) is 5.92 Å². The highest BCUT2D eigenvalue weighted by atomic mass is 16.3. The zero-order chi connectivity index (χ0) is 14.7. The lowest BCUT2D eigenvalue weighted by Crippen LogP contribution is -2.44. The second-order valence-corrected chi connectivity index (χ2v) is 6.84.